The van der Waals surface area contributed by atoms with E-state index in [2.05, 4.69) is 80.1 Å². The van der Waals surface area contributed by atoms with Crippen molar-refractivity contribution in [3.8, 4) is 0 Å². The molecule has 32 heavy (non-hydrogen) atoms. The van der Waals surface area contributed by atoms with Gasteiger partial charge in [-0.1, -0.05) is 35.9 Å². The Bertz CT molecular complexity index is 1150. The van der Waals surface area contributed by atoms with Crippen LogP contribution >= 0.6 is 0 Å². The van der Waals surface area contributed by atoms with Crippen molar-refractivity contribution in [1.82, 2.24) is 4.98 Å². The molecule has 2 bridgehead atoms. The average molecular weight is 428 g/mol. The molecule has 0 aliphatic heterocycles. The second-order valence-corrected chi connectivity index (χ2v) is 8.72. The molecule has 2 aliphatic carbocycles. The first-order chi connectivity index (χ1) is 15.5. The highest BCUT2D eigenvalue weighted by Gasteiger charge is 2.46. The van der Waals surface area contributed by atoms with Gasteiger partial charge in [-0.05, 0) is 69.5 Å². The maximum Gasteiger partial charge on any atom is 0.248 e. The van der Waals surface area contributed by atoms with Gasteiger partial charge in [0.15, 0.2) is 0 Å². The van der Waals surface area contributed by atoms with E-state index in [1.807, 2.05) is 18.4 Å². The number of rotatable bonds is 6. The van der Waals surface area contributed by atoms with E-state index in [0.29, 0.717) is 0 Å². The fraction of sp³-hybridized carbons (Fsp3) is 0.357. The number of anilines is 1. The number of aromatic nitrogens is 1. The van der Waals surface area contributed by atoms with Crippen LogP contribution in [0.15, 0.2) is 75.6 Å². The molecule has 0 fully saturated rings. The molecular formula is C28H33N3O. The Morgan fingerprint density at radius 1 is 1.16 bits per heavy atom. The van der Waals surface area contributed by atoms with Crippen molar-refractivity contribution in [2.24, 2.45) is 10.9 Å². The van der Waals surface area contributed by atoms with Crippen LogP contribution in [0.2, 0.25) is 0 Å². The number of aromatic amines is 1. The number of hydrogen-bond donors (Lipinski definition) is 1. The molecule has 0 saturated carbocycles. The van der Waals surface area contributed by atoms with E-state index in [9.17, 15) is 4.79 Å². The van der Waals surface area contributed by atoms with Gasteiger partial charge in [0, 0.05) is 54.7 Å². The van der Waals surface area contributed by atoms with Gasteiger partial charge in [-0.25, -0.2) is 0 Å². The number of pyridine rings is 1. The lowest BCUT2D eigenvalue weighted by Crippen LogP contribution is -2.40. The van der Waals surface area contributed by atoms with Gasteiger partial charge >= 0.3 is 0 Å². The highest BCUT2D eigenvalue weighted by molar-refractivity contribution is 5.79. The lowest BCUT2D eigenvalue weighted by Gasteiger charge is -2.45. The summed E-state index contributed by atoms with van der Waals surface area (Å²) >= 11 is 0. The first kappa shape index (κ1) is 22.1. The lowest BCUT2D eigenvalue weighted by atomic mass is 9.63. The molecule has 4 heteroatoms. The topological polar surface area (TPSA) is 48.5 Å². The Labute approximate surface area is 191 Å². The van der Waals surface area contributed by atoms with Crippen molar-refractivity contribution in [3.05, 3.63) is 92.9 Å². The summed E-state index contributed by atoms with van der Waals surface area (Å²) in [6, 6.07) is 12.3. The van der Waals surface area contributed by atoms with Crippen molar-refractivity contribution in [2.45, 2.75) is 46.1 Å². The number of nitrogens with one attached hydrogen (secondary N) is 1. The molecule has 1 heterocycles. The molecule has 1 N–H and O–H groups in total. The van der Waals surface area contributed by atoms with Crippen LogP contribution in [0.3, 0.4) is 0 Å². The van der Waals surface area contributed by atoms with Crippen molar-refractivity contribution in [2.75, 3.05) is 18.0 Å². The maximum atomic E-state index is 12.0. The van der Waals surface area contributed by atoms with Gasteiger partial charge in [0.2, 0.25) is 5.56 Å². The zero-order valence-corrected chi connectivity index (χ0v) is 19.6. The zero-order valence-electron chi connectivity index (χ0n) is 19.6. The summed E-state index contributed by atoms with van der Waals surface area (Å²) in [6.45, 7) is 10.7. The third-order valence-electron chi connectivity index (χ3n) is 6.77. The zero-order chi connectivity index (χ0) is 22.7. The molecule has 2 atom stereocenters. The summed E-state index contributed by atoms with van der Waals surface area (Å²) in [5.74, 6) is 0.285. The third-order valence-corrected chi connectivity index (χ3v) is 6.77. The Hall–Kier alpha value is -3.14. The number of hydrogen-bond acceptors (Lipinski definition) is 3. The van der Waals surface area contributed by atoms with Crippen LogP contribution in [0.5, 0.6) is 0 Å². The SMILES string of the molecule is C/C=C1\C2C=C(C)CC1(/N=C/C=C/c1ccc(N(CC)CC)cc1)c1ccc(=O)[nH]c1C2. The summed E-state index contributed by atoms with van der Waals surface area (Å²) in [6.07, 6.45) is 12.3. The Morgan fingerprint density at radius 2 is 1.91 bits per heavy atom. The van der Waals surface area contributed by atoms with Gasteiger partial charge in [0.1, 0.15) is 5.54 Å². The van der Waals surface area contributed by atoms with Crippen LogP contribution in [0.1, 0.15) is 50.9 Å². The fourth-order valence-electron chi connectivity index (χ4n) is 5.36. The summed E-state index contributed by atoms with van der Waals surface area (Å²) in [5.41, 5.74) is 6.75. The van der Waals surface area contributed by atoms with Crippen LogP contribution in [0.4, 0.5) is 5.69 Å². The maximum absolute atomic E-state index is 12.0. The summed E-state index contributed by atoms with van der Waals surface area (Å²) in [5, 5.41) is 0. The standard InChI is InChI=1S/C28H33N3O/c1-5-24-22-17-20(4)19-28(24,25-14-15-27(32)30-26(25)18-22)29-16-8-9-21-10-12-23(13-11-21)31(6-2)7-3/h5,8-17,22H,6-7,18-19H2,1-4H3,(H,30,32)/b9-8+,24-5+,29-16+. The quantitative estimate of drug-likeness (QED) is 0.477. The number of H-pyrrole nitrogens is 1. The Balaban J connectivity index is 1.64. The fourth-order valence-corrected chi connectivity index (χ4v) is 5.36. The van der Waals surface area contributed by atoms with Crippen LogP contribution in [-0.4, -0.2) is 24.3 Å². The highest BCUT2D eigenvalue weighted by atomic mass is 16.1. The van der Waals surface area contributed by atoms with Crippen molar-refractivity contribution >= 4 is 18.0 Å². The molecule has 0 spiro atoms. The molecule has 1 aromatic carbocycles. The molecule has 2 aliphatic rings. The molecule has 2 aromatic rings. The molecule has 0 radical (unpaired) electrons. The van der Waals surface area contributed by atoms with Gasteiger partial charge in [0.05, 0.1) is 0 Å². The van der Waals surface area contributed by atoms with Gasteiger partial charge in [-0.3, -0.25) is 9.79 Å². The minimum atomic E-state index is -0.438. The van der Waals surface area contributed by atoms with Crippen molar-refractivity contribution in [1.29, 1.82) is 0 Å². The minimum Gasteiger partial charge on any atom is -0.372 e. The van der Waals surface area contributed by atoms with Crippen molar-refractivity contribution in [3.63, 3.8) is 0 Å². The number of aliphatic imine (C=N–C) groups is 1. The molecule has 4 nitrogen and oxygen atoms in total. The molecule has 0 saturated heterocycles. The summed E-state index contributed by atoms with van der Waals surface area (Å²) in [7, 11) is 0. The minimum absolute atomic E-state index is 0.0429. The largest absolute Gasteiger partial charge is 0.372 e. The predicted octanol–water partition coefficient (Wildman–Crippen LogP) is 5.67. The van der Waals surface area contributed by atoms with Crippen LogP contribution in [0, 0.1) is 5.92 Å². The van der Waals surface area contributed by atoms with E-state index >= 15 is 0 Å². The first-order valence-electron chi connectivity index (χ1n) is 11.6. The van der Waals surface area contributed by atoms with E-state index < -0.39 is 5.54 Å². The monoisotopic (exact) mass is 427 g/mol. The first-order valence-corrected chi connectivity index (χ1v) is 11.6. The molecule has 1 aromatic heterocycles. The molecule has 2 unspecified atom stereocenters. The van der Waals surface area contributed by atoms with Crippen molar-refractivity contribution < 1.29 is 0 Å². The Kier molecular flexibility index (Phi) is 6.31. The lowest BCUT2D eigenvalue weighted by molar-refractivity contribution is 0.413. The number of benzene rings is 1. The number of allylic oxidation sites excluding steroid dienone is 3. The molecule has 166 valence electrons. The Morgan fingerprint density at radius 3 is 2.59 bits per heavy atom. The number of nitrogens with zero attached hydrogens (tertiary/aromatic N) is 2. The van der Waals surface area contributed by atoms with Gasteiger partial charge < -0.3 is 9.88 Å². The van der Waals surface area contributed by atoms with E-state index in [1.165, 1.54) is 16.8 Å². The second kappa shape index (κ2) is 9.15. The smallest absolute Gasteiger partial charge is 0.248 e. The summed E-state index contributed by atoms with van der Waals surface area (Å²) < 4.78 is 0. The summed E-state index contributed by atoms with van der Waals surface area (Å²) in [4.78, 5) is 22.5. The van der Waals surface area contributed by atoms with E-state index in [0.717, 1.165) is 42.8 Å². The van der Waals surface area contributed by atoms with E-state index in [-0.39, 0.29) is 11.5 Å². The second-order valence-electron chi connectivity index (χ2n) is 8.72. The van der Waals surface area contributed by atoms with E-state index in [1.54, 1.807) is 6.07 Å². The third kappa shape index (κ3) is 4.02. The van der Waals surface area contributed by atoms with E-state index in [4.69, 9.17) is 4.99 Å². The molecule has 4 rings (SSSR count). The predicted molar refractivity (Wildman–Crippen MR) is 136 cm³/mol. The van der Waals surface area contributed by atoms with Gasteiger partial charge in [0.25, 0.3) is 0 Å². The van der Waals surface area contributed by atoms with Gasteiger partial charge in [-0.2, -0.15) is 0 Å². The normalized spacial score (nSPS) is 23.6. The number of fused-ring (bicyclic) bond motifs is 4. The molecule has 0 amide bonds. The molecular weight excluding hydrogens is 394 g/mol. The van der Waals surface area contributed by atoms with Gasteiger partial charge in [-0.15, -0.1) is 0 Å². The van der Waals surface area contributed by atoms with Crippen LogP contribution < -0.4 is 10.5 Å². The average Bonchev–Trinajstić information content (AvgIpc) is 2.78. The highest BCUT2D eigenvalue weighted by Crippen LogP contribution is 2.51. The van der Waals surface area contributed by atoms with Crippen LogP contribution in [-0.2, 0) is 12.0 Å². The van der Waals surface area contributed by atoms with Crippen LogP contribution in [0.25, 0.3) is 6.08 Å².